The second-order valence-electron chi connectivity index (χ2n) is 6.60. The SMILES string of the molecule is CC[C@H](Oc1ccc(F)cc1-c1ccc(S(=O)(=O)c2cccc(F)c2)c(F)c1)C(=O)O. The maximum absolute atomic E-state index is 14.8. The van der Waals surface area contributed by atoms with Crippen molar-refractivity contribution in [3.8, 4) is 16.9 Å². The predicted molar refractivity (Wildman–Crippen MR) is 106 cm³/mol. The van der Waals surface area contributed by atoms with Crippen molar-refractivity contribution in [2.75, 3.05) is 0 Å². The fourth-order valence-electron chi connectivity index (χ4n) is 2.94. The van der Waals surface area contributed by atoms with Gasteiger partial charge in [0.1, 0.15) is 28.1 Å². The quantitative estimate of drug-likeness (QED) is 0.557. The number of ether oxygens (including phenoxy) is 1. The lowest BCUT2D eigenvalue weighted by Crippen LogP contribution is -2.26. The molecule has 5 nitrogen and oxygen atoms in total. The summed E-state index contributed by atoms with van der Waals surface area (Å²) in [7, 11) is -4.34. The van der Waals surface area contributed by atoms with Crippen LogP contribution in [0, 0.1) is 17.5 Å². The highest BCUT2D eigenvalue weighted by atomic mass is 32.2. The Morgan fingerprint density at radius 3 is 2.32 bits per heavy atom. The number of halogens is 3. The van der Waals surface area contributed by atoms with E-state index in [4.69, 9.17) is 4.74 Å². The van der Waals surface area contributed by atoms with Crippen LogP contribution in [0.25, 0.3) is 11.1 Å². The first-order valence-electron chi connectivity index (χ1n) is 9.13. The molecule has 0 radical (unpaired) electrons. The smallest absolute Gasteiger partial charge is 0.344 e. The zero-order valence-corrected chi connectivity index (χ0v) is 17.0. The molecule has 0 amide bonds. The number of carboxylic acid groups (broad SMARTS) is 1. The Bertz CT molecular complexity index is 1240. The van der Waals surface area contributed by atoms with E-state index < -0.39 is 49.2 Å². The molecule has 0 spiro atoms. The van der Waals surface area contributed by atoms with E-state index >= 15 is 0 Å². The minimum absolute atomic E-state index is 0.00390. The highest BCUT2D eigenvalue weighted by Gasteiger charge is 2.24. The number of hydrogen-bond acceptors (Lipinski definition) is 4. The lowest BCUT2D eigenvalue weighted by Gasteiger charge is -2.17. The third kappa shape index (κ3) is 4.72. The van der Waals surface area contributed by atoms with Gasteiger partial charge in [-0.05, 0) is 60.5 Å². The second-order valence-corrected chi connectivity index (χ2v) is 8.52. The molecule has 0 aliphatic carbocycles. The summed E-state index contributed by atoms with van der Waals surface area (Å²) in [4.78, 5) is 10.2. The fourth-order valence-corrected chi connectivity index (χ4v) is 4.28. The van der Waals surface area contributed by atoms with E-state index in [0.717, 1.165) is 42.5 Å². The third-order valence-electron chi connectivity index (χ3n) is 4.50. The van der Waals surface area contributed by atoms with Crippen LogP contribution in [-0.2, 0) is 14.6 Å². The van der Waals surface area contributed by atoms with Crippen molar-refractivity contribution in [2.24, 2.45) is 0 Å². The normalized spacial score (nSPS) is 12.4. The summed E-state index contributed by atoms with van der Waals surface area (Å²) >= 11 is 0. The molecule has 9 heteroatoms. The summed E-state index contributed by atoms with van der Waals surface area (Å²) in [5, 5.41) is 9.20. The molecule has 162 valence electrons. The minimum atomic E-state index is -4.34. The first kappa shape index (κ1) is 22.4. The third-order valence-corrected chi connectivity index (χ3v) is 6.28. The molecular formula is C22H17F3O5S. The van der Waals surface area contributed by atoms with E-state index in [-0.39, 0.29) is 23.3 Å². The van der Waals surface area contributed by atoms with Crippen LogP contribution < -0.4 is 4.74 Å². The highest BCUT2D eigenvalue weighted by Crippen LogP contribution is 2.34. The molecule has 0 aromatic heterocycles. The van der Waals surface area contributed by atoms with E-state index in [0.29, 0.717) is 0 Å². The van der Waals surface area contributed by atoms with Gasteiger partial charge in [0.25, 0.3) is 0 Å². The monoisotopic (exact) mass is 450 g/mol. The van der Waals surface area contributed by atoms with Crippen molar-refractivity contribution in [3.63, 3.8) is 0 Å². The van der Waals surface area contributed by atoms with Crippen LogP contribution in [0.2, 0.25) is 0 Å². The summed E-state index contributed by atoms with van der Waals surface area (Å²) in [5.41, 5.74) is 0.124. The number of aliphatic carboxylic acids is 1. The Kier molecular flexibility index (Phi) is 6.35. The molecule has 31 heavy (non-hydrogen) atoms. The molecule has 3 aromatic carbocycles. The first-order valence-corrected chi connectivity index (χ1v) is 10.6. The van der Waals surface area contributed by atoms with E-state index in [9.17, 15) is 31.5 Å². The topological polar surface area (TPSA) is 80.7 Å². The second kappa shape index (κ2) is 8.81. The predicted octanol–water partition coefficient (Wildman–Crippen LogP) is 4.85. The number of rotatable bonds is 7. The Morgan fingerprint density at radius 1 is 1.00 bits per heavy atom. The van der Waals surface area contributed by atoms with Crippen molar-refractivity contribution < 1.29 is 36.2 Å². The van der Waals surface area contributed by atoms with Crippen molar-refractivity contribution in [1.82, 2.24) is 0 Å². The standard InChI is InChI=1S/C22H17F3O5S/c1-2-19(22(26)27)30-20-8-7-15(24)12-17(20)13-6-9-21(18(25)10-13)31(28,29)16-5-3-4-14(23)11-16/h3-12,19H,2H2,1H3,(H,26,27)/t19-/m0/s1. The zero-order valence-electron chi connectivity index (χ0n) is 16.2. The molecule has 0 saturated carbocycles. The summed E-state index contributed by atoms with van der Waals surface area (Å²) in [5.74, 6) is -3.83. The van der Waals surface area contributed by atoms with E-state index in [2.05, 4.69) is 0 Å². The van der Waals surface area contributed by atoms with Crippen LogP contribution in [0.4, 0.5) is 13.2 Å². The van der Waals surface area contributed by atoms with Gasteiger partial charge in [0.2, 0.25) is 9.84 Å². The van der Waals surface area contributed by atoms with Gasteiger partial charge < -0.3 is 9.84 Å². The highest BCUT2D eigenvalue weighted by molar-refractivity contribution is 7.91. The molecular weight excluding hydrogens is 433 g/mol. The van der Waals surface area contributed by atoms with Crippen LogP contribution in [0.15, 0.2) is 70.5 Å². The number of carboxylic acids is 1. The molecule has 0 heterocycles. The van der Waals surface area contributed by atoms with Crippen LogP contribution in [0.3, 0.4) is 0 Å². The molecule has 0 bridgehead atoms. The zero-order chi connectivity index (χ0) is 22.8. The van der Waals surface area contributed by atoms with Gasteiger partial charge in [0.05, 0.1) is 4.90 Å². The molecule has 1 N–H and O–H groups in total. The van der Waals surface area contributed by atoms with Crippen LogP contribution in [-0.4, -0.2) is 25.6 Å². The number of benzene rings is 3. The lowest BCUT2D eigenvalue weighted by atomic mass is 10.0. The maximum atomic E-state index is 14.8. The van der Waals surface area contributed by atoms with Crippen LogP contribution >= 0.6 is 0 Å². The van der Waals surface area contributed by atoms with Crippen molar-refractivity contribution in [2.45, 2.75) is 29.2 Å². The van der Waals surface area contributed by atoms with Gasteiger partial charge in [-0.3, -0.25) is 0 Å². The molecule has 1 atom stereocenters. The molecule has 0 aliphatic heterocycles. The summed E-state index contributed by atoms with van der Waals surface area (Å²) < 4.78 is 72.9. The first-order chi connectivity index (χ1) is 14.6. The number of carbonyl (C=O) groups is 1. The molecule has 3 rings (SSSR count). The van der Waals surface area contributed by atoms with E-state index in [1.54, 1.807) is 6.92 Å². The molecule has 0 aliphatic rings. The van der Waals surface area contributed by atoms with Gasteiger partial charge in [-0.25, -0.2) is 26.4 Å². The molecule has 0 unspecified atom stereocenters. The van der Waals surface area contributed by atoms with Gasteiger partial charge in [0.15, 0.2) is 6.10 Å². The summed E-state index contributed by atoms with van der Waals surface area (Å²) in [6.45, 7) is 1.59. The maximum Gasteiger partial charge on any atom is 0.344 e. The van der Waals surface area contributed by atoms with Crippen LogP contribution in [0.5, 0.6) is 5.75 Å². The molecule has 0 fully saturated rings. The van der Waals surface area contributed by atoms with Gasteiger partial charge in [-0.2, -0.15) is 0 Å². The van der Waals surface area contributed by atoms with Gasteiger partial charge in [-0.1, -0.05) is 19.1 Å². The number of hydrogen-bond donors (Lipinski definition) is 1. The molecule has 3 aromatic rings. The van der Waals surface area contributed by atoms with E-state index in [1.807, 2.05) is 0 Å². The largest absolute Gasteiger partial charge is 0.479 e. The van der Waals surface area contributed by atoms with Crippen LogP contribution in [0.1, 0.15) is 13.3 Å². The van der Waals surface area contributed by atoms with Gasteiger partial charge in [-0.15, -0.1) is 0 Å². The van der Waals surface area contributed by atoms with Gasteiger partial charge >= 0.3 is 5.97 Å². The Hall–Kier alpha value is -3.33. The van der Waals surface area contributed by atoms with Crippen molar-refractivity contribution in [1.29, 1.82) is 0 Å². The van der Waals surface area contributed by atoms with Crippen molar-refractivity contribution in [3.05, 3.63) is 78.1 Å². The Balaban J connectivity index is 2.06. The Morgan fingerprint density at radius 2 is 1.71 bits per heavy atom. The number of sulfone groups is 1. The summed E-state index contributed by atoms with van der Waals surface area (Å²) in [6, 6.07) is 10.6. The van der Waals surface area contributed by atoms with E-state index in [1.165, 1.54) is 18.2 Å². The van der Waals surface area contributed by atoms with Gasteiger partial charge in [0, 0.05) is 5.56 Å². The minimum Gasteiger partial charge on any atom is -0.479 e. The Labute approximate surface area is 176 Å². The lowest BCUT2D eigenvalue weighted by molar-refractivity contribution is -0.145. The van der Waals surface area contributed by atoms with Crippen molar-refractivity contribution >= 4 is 15.8 Å². The average Bonchev–Trinajstić information content (AvgIpc) is 2.72. The molecule has 0 saturated heterocycles. The fraction of sp³-hybridized carbons (Fsp3) is 0.136. The average molecular weight is 450 g/mol. The summed E-state index contributed by atoms with van der Waals surface area (Å²) in [6.07, 6.45) is -1.08.